The average molecular weight is 289 g/mol. The minimum atomic E-state index is -3.10. The first-order valence-electron chi connectivity index (χ1n) is 6.56. The number of hydrogen-bond donors (Lipinski definition) is 1. The molecule has 106 valence electrons. The van der Waals surface area contributed by atoms with E-state index in [0.29, 0.717) is 12.1 Å². The molecule has 0 radical (unpaired) electrons. The van der Waals surface area contributed by atoms with Crippen LogP contribution in [0.25, 0.3) is 0 Å². The Labute approximate surface area is 120 Å². The Hall–Kier alpha value is -1.81. The Bertz CT molecular complexity index is 676. The summed E-state index contributed by atoms with van der Waals surface area (Å²) in [5, 5.41) is 0. The van der Waals surface area contributed by atoms with Crippen LogP contribution in [0.2, 0.25) is 0 Å². The SMILES string of the molecule is Cc1ccccc1CS(=O)(=O)CCc1ccc(N)cc1. The number of aryl methyl sites for hydroxylation is 2. The van der Waals surface area contributed by atoms with Crippen molar-refractivity contribution in [2.45, 2.75) is 19.1 Å². The Morgan fingerprint density at radius 2 is 1.65 bits per heavy atom. The molecule has 2 aromatic carbocycles. The number of sulfone groups is 1. The summed E-state index contributed by atoms with van der Waals surface area (Å²) in [5.74, 6) is 0.264. The van der Waals surface area contributed by atoms with Gasteiger partial charge in [-0.3, -0.25) is 0 Å². The van der Waals surface area contributed by atoms with Crippen molar-refractivity contribution in [3.8, 4) is 0 Å². The zero-order valence-electron chi connectivity index (χ0n) is 11.5. The number of nitrogen functional groups attached to an aromatic ring is 1. The second kappa shape index (κ2) is 6.09. The lowest BCUT2D eigenvalue weighted by molar-refractivity contribution is 0.594. The average Bonchev–Trinajstić information content (AvgIpc) is 2.41. The van der Waals surface area contributed by atoms with E-state index < -0.39 is 9.84 Å². The van der Waals surface area contributed by atoms with Gasteiger partial charge < -0.3 is 5.73 Å². The molecular weight excluding hydrogens is 270 g/mol. The lowest BCUT2D eigenvalue weighted by atomic mass is 10.1. The van der Waals surface area contributed by atoms with Crippen molar-refractivity contribution in [1.29, 1.82) is 0 Å². The maximum absolute atomic E-state index is 12.2. The first kappa shape index (κ1) is 14.6. The maximum Gasteiger partial charge on any atom is 0.154 e. The molecule has 0 aliphatic heterocycles. The van der Waals surface area contributed by atoms with Gasteiger partial charge in [-0.15, -0.1) is 0 Å². The van der Waals surface area contributed by atoms with Crippen molar-refractivity contribution >= 4 is 15.5 Å². The summed E-state index contributed by atoms with van der Waals surface area (Å²) in [6.45, 7) is 1.94. The molecule has 0 fully saturated rings. The van der Waals surface area contributed by atoms with Crippen LogP contribution in [0.5, 0.6) is 0 Å². The number of benzene rings is 2. The van der Waals surface area contributed by atoms with Crippen molar-refractivity contribution < 1.29 is 8.42 Å². The lowest BCUT2D eigenvalue weighted by Gasteiger charge is -2.07. The molecule has 2 aromatic rings. The summed E-state index contributed by atoms with van der Waals surface area (Å²) < 4.78 is 24.3. The van der Waals surface area contributed by atoms with Crippen LogP contribution in [0.15, 0.2) is 48.5 Å². The van der Waals surface area contributed by atoms with Gasteiger partial charge in [-0.2, -0.15) is 0 Å². The molecule has 0 spiro atoms. The third kappa shape index (κ3) is 4.10. The molecule has 0 amide bonds. The van der Waals surface area contributed by atoms with Gasteiger partial charge in [0.25, 0.3) is 0 Å². The summed E-state index contributed by atoms with van der Waals surface area (Å²) >= 11 is 0. The molecule has 20 heavy (non-hydrogen) atoms. The van der Waals surface area contributed by atoms with Crippen LogP contribution in [0.4, 0.5) is 5.69 Å². The standard InChI is InChI=1S/C16H19NO2S/c1-13-4-2-3-5-15(13)12-20(18,19)11-10-14-6-8-16(17)9-7-14/h2-9H,10-12,17H2,1H3. The van der Waals surface area contributed by atoms with Gasteiger partial charge >= 0.3 is 0 Å². The quantitative estimate of drug-likeness (QED) is 0.861. The first-order valence-corrected chi connectivity index (χ1v) is 8.38. The Balaban J connectivity index is 2.01. The highest BCUT2D eigenvalue weighted by molar-refractivity contribution is 7.90. The number of rotatable bonds is 5. The zero-order chi connectivity index (χ0) is 14.6. The minimum absolute atomic E-state index is 0.106. The summed E-state index contributed by atoms with van der Waals surface area (Å²) in [5.41, 5.74) is 9.19. The molecular formula is C16H19NO2S. The second-order valence-electron chi connectivity index (χ2n) is 5.01. The Kier molecular flexibility index (Phi) is 4.45. The number of nitrogens with two attached hydrogens (primary N) is 1. The van der Waals surface area contributed by atoms with Gasteiger partial charge in [0.05, 0.1) is 11.5 Å². The van der Waals surface area contributed by atoms with Crippen LogP contribution >= 0.6 is 0 Å². The minimum Gasteiger partial charge on any atom is -0.399 e. The van der Waals surface area contributed by atoms with E-state index >= 15 is 0 Å². The lowest BCUT2D eigenvalue weighted by Crippen LogP contribution is -2.12. The van der Waals surface area contributed by atoms with E-state index in [1.54, 1.807) is 12.1 Å². The highest BCUT2D eigenvalue weighted by atomic mass is 32.2. The van der Waals surface area contributed by atoms with E-state index in [-0.39, 0.29) is 11.5 Å². The highest BCUT2D eigenvalue weighted by Gasteiger charge is 2.13. The van der Waals surface area contributed by atoms with Crippen LogP contribution in [-0.2, 0) is 22.0 Å². The van der Waals surface area contributed by atoms with Crippen molar-refractivity contribution in [2.24, 2.45) is 0 Å². The van der Waals surface area contributed by atoms with Gasteiger partial charge in [-0.05, 0) is 42.2 Å². The molecule has 0 bridgehead atoms. The van der Waals surface area contributed by atoms with Crippen molar-refractivity contribution in [2.75, 3.05) is 11.5 Å². The fourth-order valence-electron chi connectivity index (χ4n) is 2.04. The van der Waals surface area contributed by atoms with Crippen LogP contribution in [0.1, 0.15) is 16.7 Å². The molecule has 0 aliphatic carbocycles. The van der Waals surface area contributed by atoms with Gasteiger partial charge in [0.2, 0.25) is 0 Å². The predicted molar refractivity (Wildman–Crippen MR) is 83.2 cm³/mol. The topological polar surface area (TPSA) is 60.2 Å². The number of hydrogen-bond acceptors (Lipinski definition) is 3. The normalized spacial score (nSPS) is 11.4. The predicted octanol–water partition coefficient (Wildman–Crippen LogP) is 2.73. The van der Waals surface area contributed by atoms with Crippen molar-refractivity contribution in [3.63, 3.8) is 0 Å². The van der Waals surface area contributed by atoms with Crippen LogP contribution < -0.4 is 5.73 Å². The first-order chi connectivity index (χ1) is 9.46. The van der Waals surface area contributed by atoms with E-state index in [2.05, 4.69) is 0 Å². The number of anilines is 1. The van der Waals surface area contributed by atoms with E-state index in [1.807, 2.05) is 43.3 Å². The van der Waals surface area contributed by atoms with Gasteiger partial charge in [-0.1, -0.05) is 36.4 Å². The fourth-order valence-corrected chi connectivity index (χ4v) is 3.53. The Morgan fingerprint density at radius 1 is 1.00 bits per heavy atom. The van der Waals surface area contributed by atoms with Crippen molar-refractivity contribution in [3.05, 3.63) is 65.2 Å². The third-order valence-electron chi connectivity index (χ3n) is 3.32. The van der Waals surface area contributed by atoms with E-state index in [9.17, 15) is 8.42 Å². The molecule has 2 rings (SSSR count). The molecule has 0 saturated carbocycles. The van der Waals surface area contributed by atoms with Crippen molar-refractivity contribution in [1.82, 2.24) is 0 Å². The van der Waals surface area contributed by atoms with Gasteiger partial charge in [0.15, 0.2) is 9.84 Å². The molecule has 2 N–H and O–H groups in total. The monoisotopic (exact) mass is 289 g/mol. The van der Waals surface area contributed by atoms with Gasteiger partial charge in [0, 0.05) is 5.69 Å². The van der Waals surface area contributed by atoms with E-state index in [1.165, 1.54) is 0 Å². The maximum atomic E-state index is 12.2. The molecule has 3 nitrogen and oxygen atoms in total. The van der Waals surface area contributed by atoms with Gasteiger partial charge in [0.1, 0.15) is 0 Å². The van der Waals surface area contributed by atoms with E-state index in [0.717, 1.165) is 16.7 Å². The molecule has 0 heterocycles. The molecule has 0 atom stereocenters. The Morgan fingerprint density at radius 3 is 2.30 bits per heavy atom. The smallest absolute Gasteiger partial charge is 0.154 e. The third-order valence-corrected chi connectivity index (χ3v) is 4.90. The summed E-state index contributed by atoms with van der Waals surface area (Å²) in [4.78, 5) is 0. The molecule has 0 aliphatic rings. The summed E-state index contributed by atoms with van der Waals surface area (Å²) in [7, 11) is -3.10. The zero-order valence-corrected chi connectivity index (χ0v) is 12.4. The second-order valence-corrected chi connectivity index (χ2v) is 7.19. The van der Waals surface area contributed by atoms with Crippen LogP contribution in [0.3, 0.4) is 0 Å². The van der Waals surface area contributed by atoms with Gasteiger partial charge in [-0.25, -0.2) is 8.42 Å². The molecule has 0 unspecified atom stereocenters. The molecule has 4 heteroatoms. The fraction of sp³-hybridized carbons (Fsp3) is 0.250. The molecule has 0 saturated heterocycles. The largest absolute Gasteiger partial charge is 0.399 e. The van der Waals surface area contributed by atoms with Crippen LogP contribution in [0, 0.1) is 6.92 Å². The van der Waals surface area contributed by atoms with Crippen LogP contribution in [-0.4, -0.2) is 14.2 Å². The highest BCUT2D eigenvalue weighted by Crippen LogP contribution is 2.13. The summed E-state index contributed by atoms with van der Waals surface area (Å²) in [6.07, 6.45) is 0.522. The van der Waals surface area contributed by atoms with E-state index in [4.69, 9.17) is 5.73 Å². The summed E-state index contributed by atoms with van der Waals surface area (Å²) in [6, 6.07) is 14.9. The molecule has 0 aromatic heterocycles.